The fourth-order valence-corrected chi connectivity index (χ4v) is 0.577. The monoisotopic (exact) mass is 142 g/mol. The number of terminal acetylenes is 1. The van der Waals surface area contributed by atoms with Gasteiger partial charge in [0.15, 0.2) is 0 Å². The standard InChI is InChI=1S/C6H4F2N2/c1-2-4-3-9-10-5(4)6(7)8/h1,3,6H,(H,9,10). The van der Waals surface area contributed by atoms with Gasteiger partial charge in [0.25, 0.3) is 6.43 Å². The summed E-state index contributed by atoms with van der Waals surface area (Å²) in [6.45, 7) is 0. The van der Waals surface area contributed by atoms with Crippen LogP contribution in [-0.2, 0) is 0 Å². The maximum absolute atomic E-state index is 11.9. The number of hydrogen-bond acceptors (Lipinski definition) is 1. The van der Waals surface area contributed by atoms with Crippen LogP contribution in [0.3, 0.4) is 0 Å². The van der Waals surface area contributed by atoms with Crippen LogP contribution in [0.5, 0.6) is 0 Å². The van der Waals surface area contributed by atoms with E-state index >= 15 is 0 Å². The minimum absolute atomic E-state index is 0.120. The molecule has 0 atom stereocenters. The molecule has 52 valence electrons. The van der Waals surface area contributed by atoms with E-state index in [0.29, 0.717) is 0 Å². The van der Waals surface area contributed by atoms with E-state index in [9.17, 15) is 8.78 Å². The maximum atomic E-state index is 11.9. The van der Waals surface area contributed by atoms with E-state index in [1.165, 1.54) is 6.20 Å². The van der Waals surface area contributed by atoms with E-state index in [-0.39, 0.29) is 11.3 Å². The summed E-state index contributed by atoms with van der Waals surface area (Å²) in [6, 6.07) is 0. The third kappa shape index (κ3) is 0.982. The quantitative estimate of drug-likeness (QED) is 0.588. The SMILES string of the molecule is C#Cc1cn[nH]c1C(F)F. The van der Waals surface area contributed by atoms with Crippen LogP contribution in [0.4, 0.5) is 8.78 Å². The zero-order valence-electron chi connectivity index (χ0n) is 4.94. The molecule has 0 aliphatic heterocycles. The van der Waals surface area contributed by atoms with Gasteiger partial charge in [0.05, 0.1) is 11.8 Å². The Balaban J connectivity index is 3.05. The second kappa shape index (κ2) is 2.48. The molecule has 1 N–H and O–H groups in total. The number of nitrogens with one attached hydrogen (secondary N) is 1. The van der Waals surface area contributed by atoms with Crippen LogP contribution >= 0.6 is 0 Å². The number of aromatic nitrogens is 2. The lowest BCUT2D eigenvalue weighted by atomic mass is 10.3. The van der Waals surface area contributed by atoms with Crippen molar-refractivity contribution in [2.24, 2.45) is 0 Å². The first-order valence-electron chi connectivity index (χ1n) is 2.53. The molecule has 1 aromatic heterocycles. The van der Waals surface area contributed by atoms with E-state index < -0.39 is 6.43 Å². The van der Waals surface area contributed by atoms with Gasteiger partial charge in [-0.15, -0.1) is 6.42 Å². The Labute approximate surface area is 56.3 Å². The lowest BCUT2D eigenvalue weighted by molar-refractivity contribution is 0.145. The molecule has 0 fully saturated rings. The summed E-state index contributed by atoms with van der Waals surface area (Å²) in [5.41, 5.74) is -0.169. The van der Waals surface area contributed by atoms with Gasteiger partial charge in [0, 0.05) is 0 Å². The maximum Gasteiger partial charge on any atom is 0.281 e. The van der Waals surface area contributed by atoms with Gasteiger partial charge in [-0.2, -0.15) is 5.10 Å². The Kier molecular flexibility index (Phi) is 1.67. The second-order valence-electron chi connectivity index (χ2n) is 1.64. The fraction of sp³-hybridized carbons (Fsp3) is 0.167. The smallest absolute Gasteiger partial charge is 0.275 e. The molecule has 1 aromatic rings. The van der Waals surface area contributed by atoms with Gasteiger partial charge < -0.3 is 0 Å². The first-order chi connectivity index (χ1) is 4.75. The van der Waals surface area contributed by atoms with Gasteiger partial charge in [-0.1, -0.05) is 5.92 Å². The second-order valence-corrected chi connectivity index (χ2v) is 1.64. The molecule has 0 radical (unpaired) electrons. The van der Waals surface area contributed by atoms with E-state index in [1.54, 1.807) is 0 Å². The summed E-state index contributed by atoms with van der Waals surface area (Å²) in [4.78, 5) is 0. The van der Waals surface area contributed by atoms with Crippen molar-refractivity contribution in [1.29, 1.82) is 0 Å². The van der Waals surface area contributed by atoms with Crippen LogP contribution in [0, 0.1) is 12.3 Å². The van der Waals surface area contributed by atoms with E-state index in [0.717, 1.165) is 0 Å². The highest BCUT2D eigenvalue weighted by molar-refractivity contribution is 5.34. The number of nitrogens with zero attached hydrogens (tertiary/aromatic N) is 1. The molecule has 1 heterocycles. The van der Waals surface area contributed by atoms with Gasteiger partial charge in [-0.3, -0.25) is 5.10 Å². The summed E-state index contributed by atoms with van der Waals surface area (Å²) in [5.74, 6) is 2.08. The summed E-state index contributed by atoms with van der Waals surface area (Å²) < 4.78 is 23.8. The van der Waals surface area contributed by atoms with Crippen molar-refractivity contribution in [2.45, 2.75) is 6.43 Å². The van der Waals surface area contributed by atoms with Crippen molar-refractivity contribution in [3.8, 4) is 12.3 Å². The van der Waals surface area contributed by atoms with Gasteiger partial charge in [-0.05, 0) is 0 Å². The summed E-state index contributed by atoms with van der Waals surface area (Å²) in [7, 11) is 0. The summed E-state index contributed by atoms with van der Waals surface area (Å²) in [6.07, 6.45) is 3.51. The Morgan fingerprint density at radius 1 is 1.70 bits per heavy atom. The van der Waals surface area contributed by atoms with Crippen LogP contribution < -0.4 is 0 Å². The van der Waals surface area contributed by atoms with Gasteiger partial charge >= 0.3 is 0 Å². The van der Waals surface area contributed by atoms with Crippen molar-refractivity contribution < 1.29 is 8.78 Å². The Bertz CT molecular complexity index is 259. The molecule has 2 nitrogen and oxygen atoms in total. The first-order valence-corrected chi connectivity index (χ1v) is 2.53. The fourth-order valence-electron chi connectivity index (χ4n) is 0.577. The largest absolute Gasteiger partial charge is 0.281 e. The van der Waals surface area contributed by atoms with Crippen molar-refractivity contribution in [3.05, 3.63) is 17.5 Å². The first kappa shape index (κ1) is 6.75. The van der Waals surface area contributed by atoms with Crippen LogP contribution in [-0.4, -0.2) is 10.2 Å². The third-order valence-corrected chi connectivity index (χ3v) is 1.04. The molecule has 0 saturated heterocycles. The number of aromatic amines is 1. The average molecular weight is 142 g/mol. The molecule has 0 bridgehead atoms. The zero-order chi connectivity index (χ0) is 7.56. The number of rotatable bonds is 1. The van der Waals surface area contributed by atoms with Crippen molar-refractivity contribution in [2.75, 3.05) is 0 Å². The lowest BCUT2D eigenvalue weighted by Gasteiger charge is -1.92. The van der Waals surface area contributed by atoms with Crippen molar-refractivity contribution in [1.82, 2.24) is 10.2 Å². The number of halogens is 2. The predicted octanol–water partition coefficient (Wildman–Crippen LogP) is 1.33. The molecule has 10 heavy (non-hydrogen) atoms. The van der Waals surface area contributed by atoms with Crippen LogP contribution in [0.1, 0.15) is 17.7 Å². The van der Waals surface area contributed by atoms with Crippen LogP contribution in [0.2, 0.25) is 0 Å². The molecule has 0 aliphatic carbocycles. The highest BCUT2D eigenvalue weighted by Gasteiger charge is 2.12. The lowest BCUT2D eigenvalue weighted by Crippen LogP contribution is -1.86. The highest BCUT2D eigenvalue weighted by Crippen LogP contribution is 2.18. The molecule has 0 amide bonds. The number of hydrogen-bond donors (Lipinski definition) is 1. The van der Waals surface area contributed by atoms with Crippen molar-refractivity contribution in [3.63, 3.8) is 0 Å². The molecule has 0 saturated carbocycles. The Morgan fingerprint density at radius 2 is 2.40 bits per heavy atom. The van der Waals surface area contributed by atoms with E-state index in [4.69, 9.17) is 6.42 Å². The Morgan fingerprint density at radius 3 is 2.80 bits per heavy atom. The third-order valence-electron chi connectivity index (χ3n) is 1.04. The van der Waals surface area contributed by atoms with Crippen LogP contribution in [0.25, 0.3) is 0 Å². The zero-order valence-corrected chi connectivity index (χ0v) is 4.94. The molecule has 4 heteroatoms. The highest BCUT2D eigenvalue weighted by atomic mass is 19.3. The minimum atomic E-state index is -2.58. The molecule has 0 aromatic carbocycles. The van der Waals surface area contributed by atoms with Crippen LogP contribution in [0.15, 0.2) is 6.20 Å². The summed E-state index contributed by atoms with van der Waals surface area (Å²) >= 11 is 0. The molecule has 0 unspecified atom stereocenters. The molecule has 0 spiro atoms. The van der Waals surface area contributed by atoms with Gasteiger partial charge in [0.1, 0.15) is 5.69 Å². The van der Waals surface area contributed by atoms with E-state index in [1.807, 2.05) is 0 Å². The number of alkyl halides is 2. The minimum Gasteiger partial charge on any atom is -0.275 e. The van der Waals surface area contributed by atoms with E-state index in [2.05, 4.69) is 16.1 Å². The van der Waals surface area contributed by atoms with Gasteiger partial charge in [-0.25, -0.2) is 8.78 Å². The number of H-pyrrole nitrogens is 1. The predicted molar refractivity (Wildman–Crippen MR) is 31.5 cm³/mol. The average Bonchev–Trinajstić information content (AvgIpc) is 2.33. The molecular formula is C6H4F2N2. The van der Waals surface area contributed by atoms with Crippen molar-refractivity contribution >= 4 is 0 Å². The molecular weight excluding hydrogens is 138 g/mol. The summed E-state index contributed by atoms with van der Waals surface area (Å²) in [5, 5.41) is 5.48. The topological polar surface area (TPSA) is 28.7 Å². The molecule has 0 aliphatic rings. The van der Waals surface area contributed by atoms with Gasteiger partial charge in [0.2, 0.25) is 0 Å². The molecule has 1 rings (SSSR count). The normalized spacial score (nSPS) is 9.80. The Hall–Kier alpha value is -1.37.